The van der Waals surface area contributed by atoms with Gasteiger partial charge in [0, 0.05) is 17.9 Å². The van der Waals surface area contributed by atoms with Gasteiger partial charge in [0.05, 0.1) is 0 Å². The summed E-state index contributed by atoms with van der Waals surface area (Å²) in [6.07, 6.45) is 10.8. The molecule has 2 fully saturated rings. The lowest BCUT2D eigenvalue weighted by molar-refractivity contribution is 0.178. The van der Waals surface area contributed by atoms with E-state index in [2.05, 4.69) is 15.3 Å². The van der Waals surface area contributed by atoms with Gasteiger partial charge in [-0.15, -0.1) is 0 Å². The topological polar surface area (TPSA) is 37.8 Å². The fourth-order valence-electron chi connectivity index (χ4n) is 2.86. The molecular weight excluding hydrogens is 174 g/mol. The van der Waals surface area contributed by atoms with Gasteiger partial charge >= 0.3 is 0 Å². The number of nitrogens with one attached hydrogen (secondary N) is 1. The molecule has 2 aliphatic rings. The van der Waals surface area contributed by atoms with Crippen LogP contribution >= 0.6 is 0 Å². The third-order valence-electron chi connectivity index (χ3n) is 3.66. The first-order valence-corrected chi connectivity index (χ1v) is 5.38. The molecule has 14 heavy (non-hydrogen) atoms. The molecule has 1 aromatic rings. The molecule has 0 amide bonds. The summed E-state index contributed by atoms with van der Waals surface area (Å²) in [6.45, 7) is 1.21. The van der Waals surface area contributed by atoms with Crippen molar-refractivity contribution in [2.24, 2.45) is 0 Å². The summed E-state index contributed by atoms with van der Waals surface area (Å²) in [6, 6.07) is 0. The first kappa shape index (κ1) is 8.36. The summed E-state index contributed by atoms with van der Waals surface area (Å²) < 4.78 is 0. The second-order valence-electron chi connectivity index (χ2n) is 4.59. The molecule has 1 saturated heterocycles. The molecule has 3 nitrogen and oxygen atoms in total. The predicted octanol–water partition coefficient (Wildman–Crippen LogP) is 1.48. The van der Waals surface area contributed by atoms with Crippen LogP contribution in [0.2, 0.25) is 0 Å². The van der Waals surface area contributed by atoms with Crippen LogP contribution in [0.5, 0.6) is 0 Å². The van der Waals surface area contributed by atoms with Crippen molar-refractivity contribution in [3.8, 4) is 0 Å². The van der Waals surface area contributed by atoms with Gasteiger partial charge in [-0.1, -0.05) is 0 Å². The lowest BCUT2D eigenvalue weighted by Crippen LogP contribution is -2.50. The van der Waals surface area contributed by atoms with E-state index in [1.807, 2.05) is 12.4 Å². The quantitative estimate of drug-likeness (QED) is 0.727. The van der Waals surface area contributed by atoms with E-state index < -0.39 is 0 Å². The van der Waals surface area contributed by atoms with Crippen LogP contribution in [-0.4, -0.2) is 22.1 Å². The number of nitrogens with zero attached hydrogens (tertiary/aromatic N) is 2. The summed E-state index contributed by atoms with van der Waals surface area (Å²) in [5, 5.41) is 3.63. The van der Waals surface area contributed by atoms with Crippen LogP contribution in [0.1, 0.15) is 37.2 Å². The maximum atomic E-state index is 4.07. The van der Waals surface area contributed by atoms with Crippen LogP contribution in [-0.2, 0) is 0 Å². The summed E-state index contributed by atoms with van der Waals surface area (Å²) in [7, 11) is 0. The van der Waals surface area contributed by atoms with E-state index in [1.165, 1.54) is 37.8 Å². The highest BCUT2D eigenvalue weighted by molar-refractivity contribution is 5.21. The van der Waals surface area contributed by atoms with Crippen molar-refractivity contribution in [1.29, 1.82) is 0 Å². The third kappa shape index (κ3) is 1.23. The Hall–Kier alpha value is -0.960. The monoisotopic (exact) mass is 189 g/mol. The fraction of sp³-hybridized carbons (Fsp3) is 0.636. The minimum Gasteiger partial charge on any atom is -0.311 e. The first-order chi connectivity index (χ1) is 6.88. The van der Waals surface area contributed by atoms with Crippen molar-refractivity contribution in [2.45, 2.75) is 37.1 Å². The molecule has 0 atom stereocenters. The summed E-state index contributed by atoms with van der Waals surface area (Å²) >= 11 is 0. The number of hydrogen-bond donors (Lipinski definition) is 1. The normalized spacial score (nSPS) is 35.9. The Morgan fingerprint density at radius 1 is 1.29 bits per heavy atom. The second-order valence-corrected chi connectivity index (χ2v) is 4.59. The van der Waals surface area contributed by atoms with E-state index in [4.69, 9.17) is 0 Å². The molecule has 3 rings (SSSR count). The Bertz CT molecular complexity index is 309. The molecule has 0 aromatic carbocycles. The van der Waals surface area contributed by atoms with E-state index in [0.717, 1.165) is 0 Å². The number of hydrogen-bond acceptors (Lipinski definition) is 3. The van der Waals surface area contributed by atoms with Crippen molar-refractivity contribution < 1.29 is 0 Å². The molecule has 1 aromatic heterocycles. The molecule has 0 unspecified atom stereocenters. The van der Waals surface area contributed by atoms with Crippen LogP contribution in [0.3, 0.4) is 0 Å². The highest BCUT2D eigenvalue weighted by Gasteiger charge is 2.46. The van der Waals surface area contributed by atoms with E-state index in [9.17, 15) is 0 Å². The summed E-state index contributed by atoms with van der Waals surface area (Å²) in [5.74, 6) is 0.696. The molecule has 1 N–H and O–H groups in total. The van der Waals surface area contributed by atoms with Gasteiger partial charge in [0.2, 0.25) is 0 Å². The zero-order chi connectivity index (χ0) is 9.43. The lowest BCUT2D eigenvalue weighted by Gasteiger charge is -2.45. The third-order valence-corrected chi connectivity index (χ3v) is 3.66. The maximum Gasteiger partial charge on any atom is 0.115 e. The zero-order valence-electron chi connectivity index (χ0n) is 8.24. The zero-order valence-corrected chi connectivity index (χ0v) is 8.24. The van der Waals surface area contributed by atoms with Gasteiger partial charge < -0.3 is 5.32 Å². The average molecular weight is 189 g/mol. The maximum absolute atomic E-state index is 4.07. The second kappa shape index (κ2) is 3.02. The number of aromatic nitrogens is 2. The first-order valence-electron chi connectivity index (χ1n) is 5.38. The average Bonchev–Trinajstić information content (AvgIpc) is 2.65. The van der Waals surface area contributed by atoms with Gasteiger partial charge in [-0.25, -0.2) is 9.97 Å². The predicted molar refractivity (Wildman–Crippen MR) is 54.0 cm³/mol. The highest BCUT2D eigenvalue weighted by atomic mass is 15.0. The van der Waals surface area contributed by atoms with Gasteiger partial charge in [0.15, 0.2) is 0 Å². The molecule has 1 aliphatic carbocycles. The highest BCUT2D eigenvalue weighted by Crippen LogP contribution is 2.48. The Labute approximate surface area is 84.0 Å². The molecule has 74 valence electrons. The standard InChI is InChI=1S/C11H15N3/c1-2-11(14-3-1)4-9(5-11)10-6-12-8-13-7-10/h6-9,14H,1-5H2. The van der Waals surface area contributed by atoms with E-state index >= 15 is 0 Å². The summed E-state index contributed by atoms with van der Waals surface area (Å²) in [5.41, 5.74) is 1.80. The minimum atomic E-state index is 0.487. The van der Waals surface area contributed by atoms with E-state index in [0.29, 0.717) is 11.5 Å². The van der Waals surface area contributed by atoms with Crippen LogP contribution < -0.4 is 5.32 Å². The fourth-order valence-corrected chi connectivity index (χ4v) is 2.86. The van der Waals surface area contributed by atoms with Gasteiger partial charge in [-0.05, 0) is 43.7 Å². The molecule has 3 heteroatoms. The Kier molecular flexibility index (Phi) is 1.80. The van der Waals surface area contributed by atoms with Gasteiger partial charge in [-0.2, -0.15) is 0 Å². The van der Waals surface area contributed by atoms with Crippen molar-refractivity contribution >= 4 is 0 Å². The van der Waals surface area contributed by atoms with Crippen molar-refractivity contribution in [2.75, 3.05) is 6.54 Å². The molecule has 1 saturated carbocycles. The minimum absolute atomic E-state index is 0.487. The largest absolute Gasteiger partial charge is 0.311 e. The van der Waals surface area contributed by atoms with E-state index in [-0.39, 0.29) is 0 Å². The molecule has 2 heterocycles. The lowest BCUT2D eigenvalue weighted by atomic mass is 9.65. The molecular formula is C11H15N3. The summed E-state index contributed by atoms with van der Waals surface area (Å²) in [4.78, 5) is 8.14. The van der Waals surface area contributed by atoms with Crippen LogP contribution in [0.15, 0.2) is 18.7 Å². The van der Waals surface area contributed by atoms with Gasteiger partial charge in [0.1, 0.15) is 6.33 Å². The van der Waals surface area contributed by atoms with Crippen molar-refractivity contribution in [1.82, 2.24) is 15.3 Å². The van der Waals surface area contributed by atoms with Gasteiger partial charge in [-0.3, -0.25) is 0 Å². The van der Waals surface area contributed by atoms with Crippen LogP contribution in [0.25, 0.3) is 0 Å². The van der Waals surface area contributed by atoms with Gasteiger partial charge in [0.25, 0.3) is 0 Å². The molecule has 0 bridgehead atoms. The van der Waals surface area contributed by atoms with E-state index in [1.54, 1.807) is 6.33 Å². The smallest absolute Gasteiger partial charge is 0.115 e. The Morgan fingerprint density at radius 2 is 2.07 bits per heavy atom. The van der Waals surface area contributed by atoms with Crippen molar-refractivity contribution in [3.05, 3.63) is 24.3 Å². The van der Waals surface area contributed by atoms with Crippen LogP contribution in [0.4, 0.5) is 0 Å². The molecule has 0 radical (unpaired) electrons. The molecule has 1 aliphatic heterocycles. The Morgan fingerprint density at radius 3 is 2.71 bits per heavy atom. The van der Waals surface area contributed by atoms with Crippen LogP contribution in [0, 0.1) is 0 Å². The SMILES string of the molecule is c1ncc(C2CC3(CCCN3)C2)cn1. The molecule has 1 spiro atoms. The van der Waals surface area contributed by atoms with Crippen molar-refractivity contribution in [3.63, 3.8) is 0 Å². The number of rotatable bonds is 1. The Balaban J connectivity index is 1.69.